The molecule has 6 rings (SSSR count). The molecule has 0 spiro atoms. The Balaban J connectivity index is 0.000000208. The second-order valence-corrected chi connectivity index (χ2v) is 26.1. The van der Waals surface area contributed by atoms with Gasteiger partial charge in [-0.1, -0.05) is 66.2 Å². The number of carbonyl (C=O) groups excluding carboxylic acids is 2. The smallest absolute Gasteiger partial charge is 0.338 e. The molecule has 0 saturated carbocycles. The van der Waals surface area contributed by atoms with E-state index in [4.69, 9.17) is 27.8 Å². The van der Waals surface area contributed by atoms with Crippen LogP contribution >= 0.6 is 15.9 Å². The highest BCUT2D eigenvalue weighted by atomic mass is 79.9. The van der Waals surface area contributed by atoms with Crippen molar-refractivity contribution >= 4 is 44.5 Å². The third-order valence-corrected chi connectivity index (χ3v) is 11.3. The average molecular weight is 948 g/mol. The quantitative estimate of drug-likeness (QED) is 0.0875. The lowest BCUT2D eigenvalue weighted by atomic mass is 10.1. The average Bonchev–Trinajstić information content (AvgIpc) is 3.66. The number of nitrogens with one attached hydrogen (secondary N) is 1. The summed E-state index contributed by atoms with van der Waals surface area (Å²) in [6.45, 7) is 19.8. The van der Waals surface area contributed by atoms with Crippen LogP contribution in [0.15, 0.2) is 82.6 Å². The molecule has 19 heteroatoms. The predicted molar refractivity (Wildman–Crippen MR) is 234 cm³/mol. The molecule has 2 fully saturated rings. The molecule has 0 aliphatic carbocycles. The Morgan fingerprint density at radius 1 is 0.770 bits per heavy atom. The number of aromatic amines is 1. The van der Waals surface area contributed by atoms with E-state index in [0.29, 0.717) is 35.9 Å². The Morgan fingerprint density at radius 3 is 1.75 bits per heavy atom. The van der Waals surface area contributed by atoms with Gasteiger partial charge in [-0.2, -0.15) is 4.98 Å². The fourth-order valence-corrected chi connectivity index (χ4v) is 7.98. The Morgan fingerprint density at radius 2 is 1.26 bits per heavy atom. The predicted octanol–water partition coefficient (Wildman–Crippen LogP) is 8.01. The van der Waals surface area contributed by atoms with E-state index in [2.05, 4.69) is 70.2 Å². The van der Waals surface area contributed by atoms with Crippen LogP contribution in [-0.2, 0) is 18.9 Å². The maximum Gasteiger partial charge on any atom is 0.338 e. The molecule has 0 amide bonds. The summed E-state index contributed by atoms with van der Waals surface area (Å²) in [7, 11) is -3.31. The van der Waals surface area contributed by atoms with Gasteiger partial charge in [-0.3, -0.25) is 14.3 Å². The van der Waals surface area contributed by atoms with Gasteiger partial charge < -0.3 is 27.8 Å². The van der Waals surface area contributed by atoms with Gasteiger partial charge in [0.2, 0.25) is 22.5 Å². The molecule has 8 atom stereocenters. The van der Waals surface area contributed by atoms with Crippen LogP contribution < -0.4 is 20.1 Å². The molecule has 0 bridgehead atoms. The second kappa shape index (κ2) is 21.5. The lowest BCUT2D eigenvalue weighted by molar-refractivity contribution is -0.0327. The normalized spacial score (nSPS) is 23.4. The molecule has 4 heterocycles. The third-order valence-electron chi connectivity index (χ3n) is 8.94. The van der Waals surface area contributed by atoms with Crippen molar-refractivity contribution < 1.29 is 46.2 Å². The highest BCUT2D eigenvalue weighted by Crippen LogP contribution is 2.35. The lowest BCUT2D eigenvalue weighted by Crippen LogP contribution is -2.38. The van der Waals surface area contributed by atoms with E-state index in [1.807, 2.05) is 13.8 Å². The molecular formula is C42H55BrF2N4O10Si2. The summed E-state index contributed by atoms with van der Waals surface area (Å²) in [6.07, 6.45) is -3.52. The van der Waals surface area contributed by atoms with Crippen LogP contribution in [0.5, 0.6) is 11.9 Å². The standard InChI is InChI=1S/C18H19FN2O5.C13H14BrFO3.C11H22N2O2Si2/c1-3-12-14(26-17(23)11-7-5-4-6-8-11)13(19)16(25-12)21-9-10(2)15(22)20-18(21)24;1-2-9-11(10(15)12(14)17-9)18-13(16)8-6-4-3-5-7-8;1-9-8-12-11(15-17(5,6)7)13-10(9)14-16(2,3)4/h4-9,12-14,16H,3H2,1-2H3,(H,20,22,24);3-7,9-12H,2H2,1H3;8H,1-7H3/t12-,13-,14?,16?;9-,10-,11?,12?;/m11./s1/i19-1;15-1;. The summed E-state index contributed by atoms with van der Waals surface area (Å²) in [5.41, 5.74) is 0.595. The molecule has 14 nitrogen and oxygen atoms in total. The molecule has 2 aliphatic rings. The summed E-state index contributed by atoms with van der Waals surface area (Å²) in [6, 6.07) is 17.2. The zero-order chi connectivity index (χ0) is 45.2. The van der Waals surface area contributed by atoms with E-state index in [9.17, 15) is 23.6 Å². The van der Waals surface area contributed by atoms with Crippen molar-refractivity contribution in [2.24, 2.45) is 0 Å². The Kier molecular flexibility index (Phi) is 17.3. The van der Waals surface area contributed by atoms with Gasteiger partial charge >= 0.3 is 23.6 Å². The topological polar surface area (TPSA) is 170 Å². The number of benzene rings is 2. The zero-order valence-corrected chi connectivity index (χ0v) is 39.6. The summed E-state index contributed by atoms with van der Waals surface area (Å²) >= 11 is 3.08. The molecule has 1 N–H and O–H groups in total. The van der Waals surface area contributed by atoms with Gasteiger partial charge in [0.05, 0.1) is 17.2 Å². The molecule has 61 heavy (non-hydrogen) atoms. The minimum Gasteiger partial charge on any atom is -0.531 e. The van der Waals surface area contributed by atoms with Gasteiger partial charge in [-0.25, -0.2) is 28.1 Å². The molecule has 2 saturated heterocycles. The number of esters is 2. The Bertz CT molecular complexity index is 2190. The first kappa shape index (κ1) is 49.1. The SMILES string of the molecule is CC[C@H]1OC(Br)[C@H]([18F])C1OC(=O)c1ccccc1.CC[C@H]1OC(n2cc(C)c(=O)[nH]c2=O)[C@H]([18F])C1OC(=O)c1ccccc1.Cc1cnc(O[Si](C)(C)C)nc1O[Si](C)(C)C. The molecule has 2 aliphatic heterocycles. The lowest BCUT2D eigenvalue weighted by Gasteiger charge is -2.21. The van der Waals surface area contributed by atoms with Crippen LogP contribution in [0.3, 0.4) is 0 Å². The number of carbonyl (C=O) groups is 2. The number of hydrogen-bond acceptors (Lipinski definition) is 12. The molecule has 4 unspecified atom stereocenters. The molecule has 4 aromatic rings. The third kappa shape index (κ3) is 14.0. The van der Waals surface area contributed by atoms with Crippen LogP contribution in [-0.4, -0.2) is 89.9 Å². The molecular weight excluding hydrogens is 893 g/mol. The van der Waals surface area contributed by atoms with E-state index < -0.39 is 87.8 Å². The first-order chi connectivity index (χ1) is 28.6. The first-order valence-corrected chi connectivity index (χ1v) is 27.6. The molecule has 332 valence electrons. The van der Waals surface area contributed by atoms with Crippen LogP contribution in [0.1, 0.15) is 64.8 Å². The van der Waals surface area contributed by atoms with Gasteiger partial charge in [-0.15, -0.1) is 0 Å². The number of ether oxygens (including phenoxy) is 4. The number of aryl methyl sites for hydroxylation is 2. The summed E-state index contributed by atoms with van der Waals surface area (Å²) in [5.74, 6) is -0.523. The molecule has 2 aromatic carbocycles. The van der Waals surface area contributed by atoms with Gasteiger partial charge in [0.1, 0.15) is 11.1 Å². The maximum atomic E-state index is 15.0. The number of rotatable bonds is 11. The Hall–Kier alpha value is -4.57. The van der Waals surface area contributed by atoms with Crippen LogP contribution in [0.4, 0.5) is 8.78 Å². The second-order valence-electron chi connectivity index (χ2n) is 16.3. The van der Waals surface area contributed by atoms with Crippen LogP contribution in [0.25, 0.3) is 0 Å². The molecule has 2 aromatic heterocycles. The van der Waals surface area contributed by atoms with Crippen LogP contribution in [0, 0.1) is 13.8 Å². The van der Waals surface area contributed by atoms with Gasteiger partial charge in [-0.05, 0) is 90.2 Å². The van der Waals surface area contributed by atoms with Crippen molar-refractivity contribution in [2.75, 3.05) is 0 Å². The van der Waals surface area contributed by atoms with E-state index in [-0.39, 0.29) is 5.56 Å². The fourth-order valence-electron chi connectivity index (χ4n) is 5.96. The fraction of sp³-hybridized carbons (Fsp3) is 0.476. The zero-order valence-electron chi connectivity index (χ0n) is 36.0. The van der Waals surface area contributed by atoms with Crippen molar-refractivity contribution in [3.8, 4) is 11.9 Å². The Labute approximate surface area is 364 Å². The van der Waals surface area contributed by atoms with Crippen molar-refractivity contribution in [1.29, 1.82) is 0 Å². The number of alkyl halides is 3. The first-order valence-electron chi connectivity index (χ1n) is 19.9. The van der Waals surface area contributed by atoms with E-state index in [1.54, 1.807) is 73.8 Å². The van der Waals surface area contributed by atoms with Crippen molar-refractivity contribution in [3.63, 3.8) is 0 Å². The van der Waals surface area contributed by atoms with Gasteiger partial charge in [0.25, 0.3) is 5.56 Å². The van der Waals surface area contributed by atoms with Gasteiger partial charge in [0, 0.05) is 23.5 Å². The summed E-state index contributed by atoms with van der Waals surface area (Å²) < 4.78 is 63.0. The number of H-pyrrole nitrogens is 1. The van der Waals surface area contributed by atoms with Crippen molar-refractivity contribution in [3.05, 3.63) is 116 Å². The van der Waals surface area contributed by atoms with E-state index in [0.717, 1.165) is 10.1 Å². The summed E-state index contributed by atoms with van der Waals surface area (Å²) in [4.78, 5) is 58.3. The number of hydrogen-bond donors (Lipinski definition) is 1. The number of nitrogens with zero attached hydrogens (tertiary/aromatic N) is 3. The maximum absolute atomic E-state index is 15.0. The van der Waals surface area contributed by atoms with Crippen molar-refractivity contribution in [2.45, 2.75) is 128 Å². The molecule has 0 radical (unpaired) electrons. The highest BCUT2D eigenvalue weighted by molar-refractivity contribution is 9.09. The van der Waals surface area contributed by atoms with E-state index in [1.165, 1.54) is 13.1 Å². The van der Waals surface area contributed by atoms with E-state index >= 15 is 4.39 Å². The largest absolute Gasteiger partial charge is 0.531 e. The van der Waals surface area contributed by atoms with Gasteiger partial charge in [0.15, 0.2) is 30.8 Å². The minimum atomic E-state index is -1.75. The van der Waals surface area contributed by atoms with Crippen molar-refractivity contribution in [1.82, 2.24) is 19.5 Å². The highest BCUT2D eigenvalue weighted by Gasteiger charge is 2.48. The monoisotopic (exact) mass is 946 g/mol. The number of halogens is 3. The van der Waals surface area contributed by atoms with Crippen LogP contribution in [0.2, 0.25) is 39.3 Å². The number of aromatic nitrogens is 4. The minimum absolute atomic E-state index is 0.248. The summed E-state index contributed by atoms with van der Waals surface area (Å²) in [5, 5.41) is -0.712.